The number of nitrogens with one attached hydrogen (secondary N) is 1. The van der Waals surface area contributed by atoms with Crippen LogP contribution in [0.2, 0.25) is 0 Å². The molecule has 7 nitrogen and oxygen atoms in total. The van der Waals surface area contributed by atoms with Crippen molar-refractivity contribution in [1.29, 1.82) is 0 Å². The lowest BCUT2D eigenvalue weighted by Crippen LogP contribution is -2.16. The minimum Gasteiger partial charge on any atom is -0.357 e. The van der Waals surface area contributed by atoms with Gasteiger partial charge in [0.25, 0.3) is 0 Å². The molecule has 0 fully saturated rings. The molecular formula is C12H19N7. The lowest BCUT2D eigenvalue weighted by atomic mass is 10.4. The molecule has 2 heterocycles. The molecule has 0 saturated heterocycles. The number of imidazole rings is 1. The molecule has 0 spiro atoms. The lowest BCUT2D eigenvalue weighted by molar-refractivity contribution is 0.681. The monoisotopic (exact) mass is 261 g/mol. The molecule has 0 aliphatic rings. The van der Waals surface area contributed by atoms with Gasteiger partial charge >= 0.3 is 0 Å². The smallest absolute Gasteiger partial charge is 0.230 e. The van der Waals surface area contributed by atoms with E-state index < -0.39 is 0 Å². The van der Waals surface area contributed by atoms with E-state index in [9.17, 15) is 0 Å². The number of rotatable bonds is 5. The minimum atomic E-state index is 0.541. The van der Waals surface area contributed by atoms with Crippen molar-refractivity contribution in [1.82, 2.24) is 24.5 Å². The standard InChI is InChI=1S/C12H19N7/c1-5-7-19-8-6-14-10(19)9-15-11(13-2)17-12(16-9)18(3)4/h6,8H,5,7H2,1-4H3,(H,13,15,16,17). The number of nitrogens with zero attached hydrogens (tertiary/aromatic N) is 6. The van der Waals surface area contributed by atoms with E-state index in [2.05, 4.69) is 32.2 Å². The zero-order chi connectivity index (χ0) is 13.8. The molecule has 2 aromatic heterocycles. The first-order valence-corrected chi connectivity index (χ1v) is 6.28. The van der Waals surface area contributed by atoms with Gasteiger partial charge in [0.1, 0.15) is 0 Å². The Labute approximate surface area is 112 Å². The number of aryl methyl sites for hydroxylation is 1. The maximum Gasteiger partial charge on any atom is 0.230 e. The third kappa shape index (κ3) is 2.81. The first-order valence-electron chi connectivity index (χ1n) is 6.28. The molecule has 0 bridgehead atoms. The van der Waals surface area contributed by atoms with E-state index in [0.717, 1.165) is 18.8 Å². The van der Waals surface area contributed by atoms with Gasteiger partial charge in [-0.2, -0.15) is 15.0 Å². The second-order valence-corrected chi connectivity index (χ2v) is 4.37. The van der Waals surface area contributed by atoms with Crippen LogP contribution in [0.1, 0.15) is 13.3 Å². The van der Waals surface area contributed by atoms with Crippen LogP contribution >= 0.6 is 0 Å². The molecule has 0 radical (unpaired) electrons. The Morgan fingerprint density at radius 2 is 2.05 bits per heavy atom. The highest BCUT2D eigenvalue weighted by Crippen LogP contribution is 2.17. The highest BCUT2D eigenvalue weighted by molar-refractivity contribution is 5.50. The van der Waals surface area contributed by atoms with Crippen molar-refractivity contribution in [3.05, 3.63) is 12.4 Å². The second-order valence-electron chi connectivity index (χ2n) is 4.37. The van der Waals surface area contributed by atoms with Crippen molar-refractivity contribution in [2.45, 2.75) is 19.9 Å². The maximum absolute atomic E-state index is 4.45. The summed E-state index contributed by atoms with van der Waals surface area (Å²) in [6, 6.07) is 0. The van der Waals surface area contributed by atoms with E-state index in [1.54, 1.807) is 13.2 Å². The SMILES string of the molecule is CCCn1ccnc1-c1nc(NC)nc(N(C)C)n1. The van der Waals surface area contributed by atoms with E-state index in [1.165, 1.54) is 0 Å². The van der Waals surface area contributed by atoms with Crippen LogP contribution in [0.3, 0.4) is 0 Å². The first kappa shape index (κ1) is 13.3. The normalized spacial score (nSPS) is 10.5. The molecule has 2 rings (SSSR count). The topological polar surface area (TPSA) is 71.8 Å². The first-order chi connectivity index (χ1) is 9.15. The molecule has 0 aliphatic heterocycles. The predicted molar refractivity (Wildman–Crippen MR) is 75.2 cm³/mol. The number of hydrogen-bond donors (Lipinski definition) is 1. The highest BCUT2D eigenvalue weighted by Gasteiger charge is 2.13. The molecule has 0 unspecified atom stereocenters. The molecule has 0 saturated carbocycles. The number of hydrogen-bond acceptors (Lipinski definition) is 6. The summed E-state index contributed by atoms with van der Waals surface area (Å²) in [4.78, 5) is 19.3. The van der Waals surface area contributed by atoms with E-state index in [4.69, 9.17) is 0 Å². The van der Waals surface area contributed by atoms with Crippen molar-refractivity contribution in [2.24, 2.45) is 0 Å². The second kappa shape index (κ2) is 5.64. The van der Waals surface area contributed by atoms with Crippen molar-refractivity contribution < 1.29 is 0 Å². The fourth-order valence-corrected chi connectivity index (χ4v) is 1.71. The van der Waals surface area contributed by atoms with Crippen LogP contribution in [-0.4, -0.2) is 45.6 Å². The number of aromatic nitrogens is 5. The maximum atomic E-state index is 4.45. The Kier molecular flexibility index (Phi) is 3.94. The van der Waals surface area contributed by atoms with Crippen LogP contribution in [0.15, 0.2) is 12.4 Å². The van der Waals surface area contributed by atoms with E-state index in [-0.39, 0.29) is 0 Å². The number of anilines is 2. The van der Waals surface area contributed by atoms with Gasteiger partial charge in [-0.05, 0) is 6.42 Å². The summed E-state index contributed by atoms with van der Waals surface area (Å²) in [5, 5.41) is 2.95. The van der Waals surface area contributed by atoms with Gasteiger partial charge in [0, 0.05) is 40.1 Å². The molecule has 0 aliphatic carbocycles. The summed E-state index contributed by atoms with van der Waals surface area (Å²) in [6.07, 6.45) is 4.74. The molecule has 102 valence electrons. The molecule has 0 atom stereocenters. The van der Waals surface area contributed by atoms with Gasteiger partial charge in [-0.1, -0.05) is 6.92 Å². The van der Waals surface area contributed by atoms with E-state index in [0.29, 0.717) is 17.7 Å². The Morgan fingerprint density at radius 1 is 1.26 bits per heavy atom. The van der Waals surface area contributed by atoms with Gasteiger partial charge in [-0.3, -0.25) is 0 Å². The van der Waals surface area contributed by atoms with Gasteiger partial charge < -0.3 is 14.8 Å². The predicted octanol–water partition coefficient (Wildman–Crippen LogP) is 1.25. The Bertz CT molecular complexity index is 547. The van der Waals surface area contributed by atoms with Crippen LogP contribution in [0.5, 0.6) is 0 Å². The van der Waals surface area contributed by atoms with Crippen LogP contribution in [-0.2, 0) is 6.54 Å². The molecule has 1 N–H and O–H groups in total. The van der Waals surface area contributed by atoms with Gasteiger partial charge in [0.2, 0.25) is 17.7 Å². The average molecular weight is 261 g/mol. The fourth-order valence-electron chi connectivity index (χ4n) is 1.71. The Morgan fingerprint density at radius 3 is 2.68 bits per heavy atom. The third-order valence-corrected chi connectivity index (χ3v) is 2.63. The average Bonchev–Trinajstić information content (AvgIpc) is 2.87. The molecule has 0 amide bonds. The van der Waals surface area contributed by atoms with Crippen molar-refractivity contribution in [2.75, 3.05) is 31.4 Å². The van der Waals surface area contributed by atoms with Gasteiger partial charge in [0.15, 0.2) is 5.82 Å². The summed E-state index contributed by atoms with van der Waals surface area (Å²) >= 11 is 0. The third-order valence-electron chi connectivity index (χ3n) is 2.63. The quantitative estimate of drug-likeness (QED) is 0.873. The summed E-state index contributed by atoms with van der Waals surface area (Å²) in [6.45, 7) is 3.02. The van der Waals surface area contributed by atoms with E-state index in [1.807, 2.05) is 29.8 Å². The molecule has 2 aromatic rings. The lowest BCUT2D eigenvalue weighted by Gasteiger charge is -2.13. The van der Waals surface area contributed by atoms with Crippen LogP contribution < -0.4 is 10.2 Å². The molecular weight excluding hydrogens is 242 g/mol. The fraction of sp³-hybridized carbons (Fsp3) is 0.500. The van der Waals surface area contributed by atoms with Gasteiger partial charge in [-0.15, -0.1) is 0 Å². The van der Waals surface area contributed by atoms with Crippen LogP contribution in [0.4, 0.5) is 11.9 Å². The zero-order valence-electron chi connectivity index (χ0n) is 11.8. The van der Waals surface area contributed by atoms with Gasteiger partial charge in [-0.25, -0.2) is 4.98 Å². The highest BCUT2D eigenvalue weighted by atomic mass is 15.3. The largest absolute Gasteiger partial charge is 0.357 e. The van der Waals surface area contributed by atoms with E-state index >= 15 is 0 Å². The summed E-state index contributed by atoms with van der Waals surface area (Å²) in [7, 11) is 5.59. The molecule has 0 aromatic carbocycles. The Hall–Kier alpha value is -2.18. The summed E-state index contributed by atoms with van der Waals surface area (Å²) < 4.78 is 2.05. The summed E-state index contributed by atoms with van der Waals surface area (Å²) in [5.41, 5.74) is 0. The van der Waals surface area contributed by atoms with Gasteiger partial charge in [0.05, 0.1) is 0 Å². The molecule has 19 heavy (non-hydrogen) atoms. The minimum absolute atomic E-state index is 0.541. The van der Waals surface area contributed by atoms with Crippen molar-refractivity contribution >= 4 is 11.9 Å². The Balaban J connectivity index is 2.48. The van der Waals surface area contributed by atoms with Crippen LogP contribution in [0, 0.1) is 0 Å². The molecule has 7 heteroatoms. The van der Waals surface area contributed by atoms with Crippen molar-refractivity contribution in [3.63, 3.8) is 0 Å². The zero-order valence-corrected chi connectivity index (χ0v) is 11.8. The summed E-state index contributed by atoms with van der Waals surface area (Å²) in [5.74, 6) is 2.51. The van der Waals surface area contributed by atoms with Crippen molar-refractivity contribution in [3.8, 4) is 11.6 Å². The van der Waals surface area contributed by atoms with Crippen LogP contribution in [0.25, 0.3) is 11.6 Å².